The van der Waals surface area contributed by atoms with Crippen LogP contribution in [0, 0.1) is 13.8 Å². The number of hydrogen-bond donors (Lipinski definition) is 1. The SMILES string of the molecule is COc1ccc(S(=O)(=O)[C@@H](CNC(=O)c2ccc(C)c(C)c2)c2cccs2)cc1. The summed E-state index contributed by atoms with van der Waals surface area (Å²) in [6.45, 7) is 3.90. The summed E-state index contributed by atoms with van der Waals surface area (Å²) >= 11 is 1.36. The summed E-state index contributed by atoms with van der Waals surface area (Å²) < 4.78 is 31.7. The highest BCUT2D eigenvalue weighted by Gasteiger charge is 2.30. The number of sulfone groups is 1. The first-order valence-corrected chi connectivity index (χ1v) is 11.5. The van der Waals surface area contributed by atoms with Crippen molar-refractivity contribution in [3.63, 3.8) is 0 Å². The molecule has 7 heteroatoms. The summed E-state index contributed by atoms with van der Waals surface area (Å²) in [7, 11) is -2.17. The van der Waals surface area contributed by atoms with Crippen LogP contribution in [-0.4, -0.2) is 28.0 Å². The lowest BCUT2D eigenvalue weighted by molar-refractivity contribution is 0.0953. The van der Waals surface area contributed by atoms with Crippen LogP contribution in [0.3, 0.4) is 0 Å². The Morgan fingerprint density at radius 3 is 2.38 bits per heavy atom. The predicted molar refractivity (Wildman–Crippen MR) is 115 cm³/mol. The lowest BCUT2D eigenvalue weighted by Crippen LogP contribution is -2.31. The standard InChI is InChI=1S/C22H23NO4S2/c1-15-6-7-17(13-16(15)2)22(24)23-14-21(20-5-4-12-28-20)29(25,26)19-10-8-18(27-3)9-11-19/h4-13,21H,14H2,1-3H3,(H,23,24)/t21-/m0/s1. The van der Waals surface area contributed by atoms with Crippen LogP contribution in [-0.2, 0) is 9.84 Å². The van der Waals surface area contributed by atoms with Gasteiger partial charge in [-0.1, -0.05) is 12.1 Å². The molecular formula is C22H23NO4S2. The van der Waals surface area contributed by atoms with Gasteiger partial charge in [0.2, 0.25) is 0 Å². The molecule has 2 aromatic carbocycles. The molecule has 5 nitrogen and oxygen atoms in total. The Morgan fingerprint density at radius 1 is 1.07 bits per heavy atom. The van der Waals surface area contributed by atoms with Crippen molar-refractivity contribution >= 4 is 27.1 Å². The summed E-state index contributed by atoms with van der Waals surface area (Å²) in [5, 5.41) is 3.76. The van der Waals surface area contributed by atoms with E-state index in [-0.39, 0.29) is 17.3 Å². The van der Waals surface area contributed by atoms with E-state index in [1.807, 2.05) is 37.4 Å². The zero-order valence-electron chi connectivity index (χ0n) is 16.5. The van der Waals surface area contributed by atoms with Gasteiger partial charge in [-0.25, -0.2) is 8.42 Å². The zero-order valence-corrected chi connectivity index (χ0v) is 18.1. The van der Waals surface area contributed by atoms with Crippen molar-refractivity contribution in [2.24, 2.45) is 0 Å². The number of methoxy groups -OCH3 is 1. The minimum Gasteiger partial charge on any atom is -0.497 e. The van der Waals surface area contributed by atoms with Crippen LogP contribution in [0.1, 0.15) is 31.6 Å². The molecule has 3 rings (SSSR count). The molecule has 0 bridgehead atoms. The van der Waals surface area contributed by atoms with Crippen LogP contribution < -0.4 is 10.1 Å². The monoisotopic (exact) mass is 429 g/mol. The van der Waals surface area contributed by atoms with Crippen molar-refractivity contribution in [2.45, 2.75) is 24.0 Å². The summed E-state index contributed by atoms with van der Waals surface area (Å²) in [6, 6.07) is 15.3. The fourth-order valence-corrected chi connectivity index (χ4v) is 5.72. The number of thiophene rings is 1. The topological polar surface area (TPSA) is 72.5 Å². The highest BCUT2D eigenvalue weighted by molar-refractivity contribution is 7.91. The molecular weight excluding hydrogens is 406 g/mol. The molecule has 0 saturated carbocycles. The normalized spacial score (nSPS) is 12.4. The summed E-state index contributed by atoms with van der Waals surface area (Å²) in [4.78, 5) is 13.5. The van der Waals surface area contributed by atoms with Gasteiger partial charge >= 0.3 is 0 Å². The van der Waals surface area contributed by atoms with Crippen LogP contribution in [0.2, 0.25) is 0 Å². The van der Waals surface area contributed by atoms with E-state index in [0.29, 0.717) is 16.2 Å². The van der Waals surface area contributed by atoms with Gasteiger partial charge in [0.1, 0.15) is 11.0 Å². The number of rotatable bonds is 7. The Bertz CT molecular complexity index is 1090. The Morgan fingerprint density at radius 2 is 1.79 bits per heavy atom. The predicted octanol–water partition coefficient (Wildman–Crippen LogP) is 4.32. The van der Waals surface area contributed by atoms with Gasteiger partial charge in [0.05, 0.1) is 12.0 Å². The smallest absolute Gasteiger partial charge is 0.251 e. The number of aryl methyl sites for hydroxylation is 2. The minimum absolute atomic E-state index is 0.0133. The van der Waals surface area contributed by atoms with Gasteiger partial charge in [-0.15, -0.1) is 11.3 Å². The second-order valence-corrected chi connectivity index (χ2v) is 9.84. The van der Waals surface area contributed by atoms with Crippen LogP contribution in [0.4, 0.5) is 0 Å². The fourth-order valence-electron chi connectivity index (χ4n) is 2.94. The van der Waals surface area contributed by atoms with Gasteiger partial charge in [-0.05, 0) is 72.8 Å². The largest absolute Gasteiger partial charge is 0.497 e. The highest BCUT2D eigenvalue weighted by atomic mass is 32.2. The number of carbonyl (C=O) groups excluding carboxylic acids is 1. The van der Waals surface area contributed by atoms with E-state index >= 15 is 0 Å². The molecule has 0 aliphatic carbocycles. The molecule has 0 radical (unpaired) electrons. The van der Waals surface area contributed by atoms with E-state index in [1.165, 1.54) is 30.6 Å². The van der Waals surface area contributed by atoms with E-state index in [4.69, 9.17) is 4.74 Å². The maximum absolute atomic E-state index is 13.3. The third-order valence-corrected chi connectivity index (χ3v) is 8.07. The lowest BCUT2D eigenvalue weighted by Gasteiger charge is -2.18. The van der Waals surface area contributed by atoms with E-state index < -0.39 is 15.1 Å². The van der Waals surface area contributed by atoms with E-state index in [9.17, 15) is 13.2 Å². The van der Waals surface area contributed by atoms with Crippen LogP contribution in [0.15, 0.2) is 64.9 Å². The van der Waals surface area contributed by atoms with E-state index in [2.05, 4.69) is 5.32 Å². The molecule has 1 aromatic heterocycles. The van der Waals surface area contributed by atoms with Crippen molar-refractivity contribution in [1.82, 2.24) is 5.32 Å². The van der Waals surface area contributed by atoms with Crippen molar-refractivity contribution in [3.05, 3.63) is 81.5 Å². The molecule has 0 saturated heterocycles. The molecule has 1 heterocycles. The first-order valence-electron chi connectivity index (χ1n) is 9.09. The first-order chi connectivity index (χ1) is 13.8. The second kappa shape index (κ2) is 8.80. The number of carbonyl (C=O) groups is 1. The maximum atomic E-state index is 13.3. The minimum atomic E-state index is -3.70. The molecule has 0 aliphatic rings. The molecule has 152 valence electrons. The zero-order chi connectivity index (χ0) is 21.0. The molecule has 0 fully saturated rings. The summed E-state index contributed by atoms with van der Waals surface area (Å²) in [5.74, 6) is 0.291. The van der Waals surface area contributed by atoms with Crippen molar-refractivity contribution in [3.8, 4) is 5.75 Å². The van der Waals surface area contributed by atoms with Crippen LogP contribution in [0.25, 0.3) is 0 Å². The van der Waals surface area contributed by atoms with Crippen molar-refractivity contribution in [2.75, 3.05) is 13.7 Å². The summed E-state index contributed by atoms with van der Waals surface area (Å²) in [5.41, 5.74) is 2.62. The molecule has 1 atom stereocenters. The van der Waals surface area contributed by atoms with Gasteiger partial charge in [-0.3, -0.25) is 4.79 Å². The molecule has 0 unspecified atom stereocenters. The molecule has 29 heavy (non-hydrogen) atoms. The molecule has 0 spiro atoms. The number of amides is 1. The van der Waals surface area contributed by atoms with Gasteiger partial charge < -0.3 is 10.1 Å². The first kappa shape index (κ1) is 21.1. The lowest BCUT2D eigenvalue weighted by atomic mass is 10.1. The van der Waals surface area contributed by atoms with Crippen molar-refractivity contribution in [1.29, 1.82) is 0 Å². The summed E-state index contributed by atoms with van der Waals surface area (Å²) in [6.07, 6.45) is 0. The fraction of sp³-hybridized carbons (Fsp3) is 0.227. The Kier molecular flexibility index (Phi) is 6.39. The van der Waals surface area contributed by atoms with Gasteiger partial charge in [0.25, 0.3) is 5.91 Å². The molecule has 3 aromatic rings. The Hall–Kier alpha value is -2.64. The van der Waals surface area contributed by atoms with E-state index in [1.54, 1.807) is 24.3 Å². The number of hydrogen-bond acceptors (Lipinski definition) is 5. The number of benzene rings is 2. The number of ether oxygens (including phenoxy) is 1. The van der Waals surface area contributed by atoms with Crippen LogP contribution in [0.5, 0.6) is 5.75 Å². The van der Waals surface area contributed by atoms with Crippen LogP contribution >= 0.6 is 11.3 Å². The second-order valence-electron chi connectivity index (χ2n) is 6.73. The Balaban J connectivity index is 1.85. The third kappa shape index (κ3) is 4.68. The van der Waals surface area contributed by atoms with Gasteiger partial charge in [-0.2, -0.15) is 0 Å². The molecule has 1 amide bonds. The molecule has 0 aliphatic heterocycles. The van der Waals surface area contributed by atoms with Gasteiger partial charge in [0.15, 0.2) is 9.84 Å². The maximum Gasteiger partial charge on any atom is 0.251 e. The van der Waals surface area contributed by atoms with E-state index in [0.717, 1.165) is 11.1 Å². The average Bonchev–Trinajstić information content (AvgIpc) is 3.24. The highest BCUT2D eigenvalue weighted by Crippen LogP contribution is 2.32. The van der Waals surface area contributed by atoms with Crippen molar-refractivity contribution < 1.29 is 17.9 Å². The quantitative estimate of drug-likeness (QED) is 0.607. The number of nitrogens with one attached hydrogen (secondary N) is 1. The Labute approximate surface area is 175 Å². The third-order valence-electron chi connectivity index (χ3n) is 4.84. The molecule has 1 N–H and O–H groups in total. The van der Waals surface area contributed by atoms with Gasteiger partial charge in [0, 0.05) is 17.0 Å². The average molecular weight is 430 g/mol.